The first-order chi connectivity index (χ1) is 42.7. The van der Waals surface area contributed by atoms with Gasteiger partial charge in [0.25, 0.3) is 5.78 Å². The largest absolute Gasteiger partial charge is 0.319 e. The second-order valence-corrected chi connectivity index (χ2v) is 29.6. The van der Waals surface area contributed by atoms with Gasteiger partial charge in [-0.25, -0.2) is 29.9 Å². The van der Waals surface area contributed by atoms with Gasteiger partial charge in [-0.15, -0.1) is 21.5 Å². The molecule has 460 valence electrons. The van der Waals surface area contributed by atoms with E-state index in [1.165, 1.54) is 27.1 Å². The fourth-order valence-corrected chi connectivity index (χ4v) is 13.1. The highest BCUT2D eigenvalue weighted by Crippen LogP contribution is 2.40. The predicted octanol–water partition coefficient (Wildman–Crippen LogP) is 21.5. The average Bonchev–Trinajstić information content (AvgIpc) is 2.10. The zero-order chi connectivity index (χ0) is 64.4. The highest BCUT2D eigenvalue weighted by Gasteiger charge is 2.21. The number of aryl methyl sites for hydroxylation is 1. The van der Waals surface area contributed by atoms with Crippen molar-refractivity contribution in [3.8, 4) is 31.7 Å². The molecular formula is C68H63Cl6N13S3. The Labute approximate surface area is 565 Å². The lowest BCUT2D eigenvalue weighted by atomic mass is 9.87. The summed E-state index contributed by atoms with van der Waals surface area (Å²) in [6.45, 7) is 22.2. The molecule has 13 nitrogen and oxygen atoms in total. The maximum absolute atomic E-state index is 6.25. The quantitative estimate of drug-likeness (QED) is 0.106. The van der Waals surface area contributed by atoms with Crippen LogP contribution < -0.4 is 9.80 Å². The number of fused-ring (bicyclic) bond motifs is 5. The van der Waals surface area contributed by atoms with Crippen LogP contribution in [0.4, 0.5) is 21.6 Å². The Morgan fingerprint density at radius 3 is 1.32 bits per heavy atom. The summed E-state index contributed by atoms with van der Waals surface area (Å²) in [7, 11) is 3.94. The van der Waals surface area contributed by atoms with E-state index in [4.69, 9.17) is 74.6 Å². The van der Waals surface area contributed by atoms with E-state index < -0.39 is 0 Å². The van der Waals surface area contributed by atoms with Gasteiger partial charge in [0.1, 0.15) is 48.1 Å². The first-order valence-electron chi connectivity index (χ1n) is 28.6. The summed E-state index contributed by atoms with van der Waals surface area (Å²) < 4.78 is 1.84. The Hall–Kier alpha value is -6.96. The fourth-order valence-electron chi connectivity index (χ4n) is 9.39. The second kappa shape index (κ2) is 27.5. The van der Waals surface area contributed by atoms with Gasteiger partial charge >= 0.3 is 0 Å². The molecule has 90 heavy (non-hydrogen) atoms. The third-order valence-electron chi connectivity index (χ3n) is 14.6. The number of rotatable bonds is 8. The molecule has 0 radical (unpaired) electrons. The summed E-state index contributed by atoms with van der Waals surface area (Å²) in [5.74, 6) is 2.03. The lowest BCUT2D eigenvalue weighted by molar-refractivity contribution is 0.590. The zero-order valence-electron chi connectivity index (χ0n) is 51.4. The molecule has 0 N–H and O–H groups in total. The number of hydrogen-bond donors (Lipinski definition) is 0. The molecule has 0 saturated heterocycles. The number of halogens is 6. The lowest BCUT2D eigenvalue weighted by Crippen LogP contribution is -2.11. The molecule has 0 fully saturated rings. The van der Waals surface area contributed by atoms with Gasteiger partial charge in [0.2, 0.25) is 10.6 Å². The van der Waals surface area contributed by atoms with Crippen LogP contribution in [0.25, 0.3) is 70.2 Å². The van der Waals surface area contributed by atoms with E-state index in [0.717, 1.165) is 75.9 Å². The first-order valence-corrected chi connectivity index (χ1v) is 33.3. The van der Waals surface area contributed by atoms with Crippen LogP contribution in [0.15, 0.2) is 152 Å². The molecule has 0 saturated carbocycles. The van der Waals surface area contributed by atoms with Crippen LogP contribution >= 0.6 is 104 Å². The Bertz CT molecular complexity index is 4650. The van der Waals surface area contributed by atoms with Gasteiger partial charge in [0.05, 0.1) is 28.9 Å². The monoisotopic (exact) mass is 1370 g/mol. The minimum atomic E-state index is 0.125. The molecule has 13 rings (SSSR count). The summed E-state index contributed by atoms with van der Waals surface area (Å²) in [5, 5.41) is 18.2. The Kier molecular flexibility index (Phi) is 20.1. The number of hydrogen-bond acceptors (Lipinski definition) is 15. The Morgan fingerprint density at radius 2 is 0.856 bits per heavy atom. The summed E-state index contributed by atoms with van der Waals surface area (Å²) in [6, 6.07) is 42.5. The third kappa shape index (κ3) is 15.5. The molecule has 7 heterocycles. The smallest absolute Gasteiger partial charge is 0.257 e. The molecular weight excluding hydrogens is 1310 g/mol. The number of benzene rings is 6. The van der Waals surface area contributed by atoms with Crippen molar-refractivity contribution >= 4 is 164 Å². The molecule has 0 aliphatic heterocycles. The van der Waals surface area contributed by atoms with Gasteiger partial charge in [-0.3, -0.25) is 4.40 Å². The van der Waals surface area contributed by atoms with Gasteiger partial charge in [-0.1, -0.05) is 211 Å². The van der Waals surface area contributed by atoms with Crippen molar-refractivity contribution in [1.29, 1.82) is 0 Å². The highest BCUT2D eigenvalue weighted by atomic mass is 35.5. The van der Waals surface area contributed by atoms with Crippen LogP contribution in [0.1, 0.15) is 90.8 Å². The minimum Gasteiger partial charge on any atom is -0.319 e. The van der Waals surface area contributed by atoms with Gasteiger partial charge < -0.3 is 9.80 Å². The van der Waals surface area contributed by atoms with Crippen molar-refractivity contribution in [2.24, 2.45) is 0 Å². The SMILES string of the molecule is CCc1cnc(-c2ccc(C(C)(C)C)cc2)s1.CN(c1cnc(-c2ccc(C(C)(C)C)cc2)s1)c1nc(Cl)nc2cc(Cl)ccc12.CN(c1cnc(-c2ccc(C(C)(C)C)cc2)s1)c1nc2nncn2c2cc(Cl)ccc12.Clc1ccc2c(Cl)nc(Cl)nc2c1. The van der Waals surface area contributed by atoms with E-state index in [1.807, 2.05) is 77.2 Å². The average molecular weight is 1370 g/mol. The lowest BCUT2D eigenvalue weighted by Gasteiger charge is -2.19. The maximum atomic E-state index is 6.25. The van der Waals surface area contributed by atoms with Crippen LogP contribution in [0.2, 0.25) is 30.8 Å². The normalized spacial score (nSPS) is 11.7. The van der Waals surface area contributed by atoms with Gasteiger partial charge in [0.15, 0.2) is 0 Å². The molecule has 22 heteroatoms. The van der Waals surface area contributed by atoms with Gasteiger partial charge in [0, 0.05) is 73.1 Å². The molecule has 7 aromatic heterocycles. The molecule has 0 unspecified atom stereocenters. The molecule has 0 aliphatic carbocycles. The minimum absolute atomic E-state index is 0.125. The summed E-state index contributed by atoms with van der Waals surface area (Å²) in [4.78, 5) is 40.4. The molecule has 0 atom stereocenters. The van der Waals surface area contributed by atoms with Gasteiger partial charge in [-0.2, -0.15) is 9.97 Å². The van der Waals surface area contributed by atoms with Gasteiger partial charge in [-0.05, 0) is 117 Å². The van der Waals surface area contributed by atoms with Crippen molar-refractivity contribution in [3.05, 3.63) is 205 Å². The molecule has 6 aromatic carbocycles. The topological polar surface area (TPSA) is 140 Å². The van der Waals surface area contributed by atoms with E-state index in [0.29, 0.717) is 37.0 Å². The molecule has 0 amide bonds. The number of nitrogens with zero attached hydrogens (tertiary/aromatic N) is 13. The highest BCUT2D eigenvalue weighted by molar-refractivity contribution is 7.19. The standard InChI is InChI=1S/C23H21ClN6S.C22H20Cl2N4S.C15H19NS.C8H3Cl3N2/c1-23(2,3)15-7-5-14(6-8-15)21-25-12-19(31-21)29(4)20-17-10-9-16(24)11-18(17)30-13-26-28-22(30)27-20;1-22(2,3)14-7-5-13(6-8-14)20-25-12-18(29-20)28(4)19-16-10-9-15(23)11-17(16)26-21(24)27-19;1-5-13-10-16-14(17-13)11-6-8-12(9-7-11)15(2,3)4;9-4-1-2-5-6(3-4)12-8(11)13-7(5)10/h5-13H,1-4H3;5-12H,1-4H3;6-10H,5H2,1-4H3;1-3H. The Morgan fingerprint density at radius 1 is 0.444 bits per heavy atom. The predicted molar refractivity (Wildman–Crippen MR) is 382 cm³/mol. The molecule has 13 aromatic rings. The van der Waals surface area contributed by atoms with E-state index in [2.05, 4.69) is 187 Å². The van der Waals surface area contributed by atoms with Crippen molar-refractivity contribution in [2.45, 2.75) is 91.9 Å². The number of thiazole rings is 3. The fraction of sp³-hybridized carbons (Fsp3) is 0.235. The first kappa shape index (κ1) is 66.0. The zero-order valence-corrected chi connectivity index (χ0v) is 58.4. The summed E-state index contributed by atoms with van der Waals surface area (Å²) >= 11 is 40.8. The van der Waals surface area contributed by atoms with E-state index in [9.17, 15) is 0 Å². The van der Waals surface area contributed by atoms with Crippen LogP contribution in [-0.2, 0) is 22.7 Å². The molecule has 0 aliphatic rings. The molecule has 0 bridgehead atoms. The van der Waals surface area contributed by atoms with Crippen LogP contribution in [0.5, 0.6) is 0 Å². The van der Waals surface area contributed by atoms with Crippen molar-refractivity contribution in [1.82, 2.24) is 54.5 Å². The van der Waals surface area contributed by atoms with E-state index in [1.54, 1.807) is 64.6 Å². The van der Waals surface area contributed by atoms with Crippen LogP contribution in [-0.4, -0.2) is 68.6 Å². The summed E-state index contributed by atoms with van der Waals surface area (Å²) in [6.07, 6.45) is 8.44. The summed E-state index contributed by atoms with van der Waals surface area (Å²) in [5.41, 5.74) is 10.1. The van der Waals surface area contributed by atoms with Crippen molar-refractivity contribution in [3.63, 3.8) is 0 Å². The third-order valence-corrected chi connectivity index (χ3v) is 19.3. The number of anilines is 4. The van der Waals surface area contributed by atoms with Crippen LogP contribution in [0, 0.1) is 0 Å². The van der Waals surface area contributed by atoms with Crippen molar-refractivity contribution < 1.29 is 0 Å². The van der Waals surface area contributed by atoms with E-state index in [-0.39, 0.29) is 26.8 Å². The van der Waals surface area contributed by atoms with E-state index >= 15 is 0 Å². The molecule has 0 spiro atoms. The number of aromatic nitrogens is 11. The Balaban J connectivity index is 0.000000139. The second-order valence-electron chi connectivity index (χ2n) is 24.1. The van der Waals surface area contributed by atoms with Crippen LogP contribution in [0.3, 0.4) is 0 Å². The maximum Gasteiger partial charge on any atom is 0.257 e. The van der Waals surface area contributed by atoms with Crippen molar-refractivity contribution in [2.75, 3.05) is 23.9 Å².